The topological polar surface area (TPSA) is 83.8 Å². The van der Waals surface area contributed by atoms with Gasteiger partial charge in [0.2, 0.25) is 10.0 Å². The Morgan fingerprint density at radius 3 is 2.81 bits per heavy atom. The predicted octanol–water partition coefficient (Wildman–Crippen LogP) is 3.29. The van der Waals surface area contributed by atoms with Crippen molar-refractivity contribution in [2.24, 2.45) is 0 Å². The molecule has 0 bridgehead atoms. The number of nitrogens with one attached hydrogen (secondary N) is 1. The molecule has 4 rings (SSSR count). The molecule has 2 aromatic heterocycles. The number of pyridine rings is 1. The van der Waals surface area contributed by atoms with Crippen LogP contribution in [0.5, 0.6) is 0 Å². The van der Waals surface area contributed by atoms with E-state index < -0.39 is 44.9 Å². The van der Waals surface area contributed by atoms with E-state index in [1.165, 1.54) is 10.7 Å². The second kappa shape index (κ2) is 8.25. The standard InChI is InChI=1S/C22H24F2N4O3S/c1-22(2,27-10-5-7-19(27)16-12-15(23)8-9-18(16)24)14-32(30,31)26-21(29)17-13-25-28-11-4-3-6-20(17)28/h3-4,6,8-9,11-13,19H,5,7,10,14H2,1-2H3,(H,26,29)/t19-/m1/s1. The minimum absolute atomic E-state index is 0.146. The van der Waals surface area contributed by atoms with E-state index in [0.717, 1.165) is 24.6 Å². The number of sulfonamides is 1. The summed E-state index contributed by atoms with van der Waals surface area (Å²) >= 11 is 0. The monoisotopic (exact) mass is 462 g/mol. The fourth-order valence-corrected chi connectivity index (χ4v) is 6.03. The SMILES string of the molecule is CC(C)(CS(=O)(=O)NC(=O)c1cnn2ccccc12)N1CCC[C@@H]1c1cc(F)ccc1F. The molecule has 1 aliphatic rings. The van der Waals surface area contributed by atoms with Crippen molar-refractivity contribution in [3.63, 3.8) is 0 Å². The molecule has 32 heavy (non-hydrogen) atoms. The van der Waals surface area contributed by atoms with E-state index in [0.29, 0.717) is 18.5 Å². The van der Waals surface area contributed by atoms with Crippen LogP contribution < -0.4 is 4.72 Å². The van der Waals surface area contributed by atoms with Gasteiger partial charge in [0.1, 0.15) is 11.6 Å². The maximum atomic E-state index is 14.4. The fourth-order valence-electron chi connectivity index (χ4n) is 4.47. The Labute approximate surface area is 185 Å². The number of amides is 1. The number of hydrogen-bond acceptors (Lipinski definition) is 5. The molecule has 1 aromatic carbocycles. The number of carbonyl (C=O) groups is 1. The number of fused-ring (bicyclic) bond motifs is 1. The number of likely N-dealkylation sites (tertiary alicyclic amines) is 1. The normalized spacial score (nSPS) is 17.7. The Morgan fingerprint density at radius 1 is 1.25 bits per heavy atom. The Morgan fingerprint density at radius 2 is 2.03 bits per heavy atom. The Hall–Kier alpha value is -2.85. The van der Waals surface area contributed by atoms with Gasteiger partial charge in [0.15, 0.2) is 0 Å². The molecule has 1 saturated heterocycles. The summed E-state index contributed by atoms with van der Waals surface area (Å²) in [5.41, 5.74) is -0.0930. The molecule has 7 nitrogen and oxygen atoms in total. The van der Waals surface area contributed by atoms with Gasteiger partial charge in [-0.2, -0.15) is 5.10 Å². The lowest BCUT2D eigenvalue weighted by molar-refractivity contribution is 0.0980. The molecule has 1 fully saturated rings. The minimum Gasteiger partial charge on any atom is -0.290 e. The molecule has 1 amide bonds. The van der Waals surface area contributed by atoms with Gasteiger partial charge in [-0.05, 0) is 63.6 Å². The highest BCUT2D eigenvalue weighted by Gasteiger charge is 2.41. The van der Waals surface area contributed by atoms with Crippen LogP contribution in [0.2, 0.25) is 0 Å². The smallest absolute Gasteiger partial charge is 0.268 e. The van der Waals surface area contributed by atoms with Gasteiger partial charge in [0.05, 0.1) is 23.0 Å². The molecule has 0 aliphatic carbocycles. The molecule has 10 heteroatoms. The van der Waals surface area contributed by atoms with Crippen molar-refractivity contribution in [3.05, 3.63) is 71.6 Å². The molecule has 1 N–H and O–H groups in total. The van der Waals surface area contributed by atoms with Crippen LogP contribution in [0.3, 0.4) is 0 Å². The first kappa shape index (κ1) is 22.3. The second-order valence-electron chi connectivity index (χ2n) is 8.61. The van der Waals surface area contributed by atoms with Crippen LogP contribution in [0, 0.1) is 11.6 Å². The van der Waals surface area contributed by atoms with Crippen LogP contribution >= 0.6 is 0 Å². The molecule has 0 spiro atoms. The summed E-state index contributed by atoms with van der Waals surface area (Å²) in [6.45, 7) is 3.98. The fraction of sp³-hybridized carbons (Fsp3) is 0.364. The summed E-state index contributed by atoms with van der Waals surface area (Å²) < 4.78 is 57.5. The van der Waals surface area contributed by atoms with E-state index in [1.807, 2.05) is 4.90 Å². The maximum Gasteiger partial charge on any atom is 0.268 e. The lowest BCUT2D eigenvalue weighted by Crippen LogP contribution is -2.51. The third-order valence-electron chi connectivity index (χ3n) is 5.81. The van der Waals surface area contributed by atoms with Crippen LogP contribution in [-0.4, -0.2) is 46.7 Å². The van der Waals surface area contributed by atoms with Gasteiger partial charge in [0, 0.05) is 23.3 Å². The molecule has 0 unspecified atom stereocenters. The number of benzene rings is 1. The minimum atomic E-state index is -4.04. The quantitative estimate of drug-likeness (QED) is 0.608. The molecule has 3 heterocycles. The van der Waals surface area contributed by atoms with Crippen molar-refractivity contribution in [1.82, 2.24) is 19.2 Å². The highest BCUT2D eigenvalue weighted by Crippen LogP contribution is 2.39. The first-order chi connectivity index (χ1) is 15.1. The van der Waals surface area contributed by atoms with Crippen LogP contribution in [-0.2, 0) is 10.0 Å². The van der Waals surface area contributed by atoms with E-state index >= 15 is 0 Å². The van der Waals surface area contributed by atoms with Crippen molar-refractivity contribution in [1.29, 1.82) is 0 Å². The van der Waals surface area contributed by atoms with Crippen molar-refractivity contribution in [2.75, 3.05) is 12.3 Å². The Balaban J connectivity index is 1.53. The molecular formula is C22H24F2N4O3S. The average Bonchev–Trinajstić information content (AvgIpc) is 3.36. The number of nitrogens with zero attached hydrogens (tertiary/aromatic N) is 3. The molecule has 0 radical (unpaired) electrons. The van der Waals surface area contributed by atoms with Crippen molar-refractivity contribution >= 4 is 21.4 Å². The van der Waals surface area contributed by atoms with E-state index in [-0.39, 0.29) is 11.1 Å². The summed E-state index contributed by atoms with van der Waals surface area (Å²) in [5.74, 6) is -2.22. The molecule has 170 valence electrons. The zero-order valence-electron chi connectivity index (χ0n) is 17.8. The molecule has 3 aromatic rings. The molecule has 1 aliphatic heterocycles. The molecule has 0 saturated carbocycles. The third-order valence-corrected chi connectivity index (χ3v) is 7.39. The first-order valence-corrected chi connectivity index (χ1v) is 11.9. The first-order valence-electron chi connectivity index (χ1n) is 10.3. The van der Waals surface area contributed by atoms with Gasteiger partial charge in [-0.1, -0.05) is 6.07 Å². The highest BCUT2D eigenvalue weighted by molar-refractivity contribution is 7.90. The van der Waals surface area contributed by atoms with E-state index in [1.54, 1.807) is 38.2 Å². The van der Waals surface area contributed by atoms with Crippen molar-refractivity contribution in [2.45, 2.75) is 38.3 Å². The second-order valence-corrected chi connectivity index (χ2v) is 10.3. The van der Waals surface area contributed by atoms with Gasteiger partial charge in [0.25, 0.3) is 5.91 Å². The van der Waals surface area contributed by atoms with E-state index in [9.17, 15) is 22.0 Å². The number of aromatic nitrogens is 2. The zero-order valence-corrected chi connectivity index (χ0v) is 18.6. The van der Waals surface area contributed by atoms with Gasteiger partial charge in [-0.3, -0.25) is 9.69 Å². The van der Waals surface area contributed by atoms with Crippen LogP contribution in [0.1, 0.15) is 48.7 Å². The average molecular weight is 463 g/mol. The summed E-state index contributed by atoms with van der Waals surface area (Å²) in [4.78, 5) is 14.5. The van der Waals surface area contributed by atoms with Crippen LogP contribution in [0.25, 0.3) is 5.52 Å². The largest absolute Gasteiger partial charge is 0.290 e. The van der Waals surface area contributed by atoms with E-state index in [2.05, 4.69) is 9.82 Å². The number of carbonyl (C=O) groups excluding carboxylic acids is 1. The maximum absolute atomic E-state index is 14.4. The third kappa shape index (κ3) is 4.37. The van der Waals surface area contributed by atoms with Gasteiger partial charge < -0.3 is 0 Å². The van der Waals surface area contributed by atoms with Crippen molar-refractivity contribution in [3.8, 4) is 0 Å². The van der Waals surface area contributed by atoms with Crippen LogP contribution in [0.15, 0.2) is 48.8 Å². The highest BCUT2D eigenvalue weighted by atomic mass is 32.2. The van der Waals surface area contributed by atoms with E-state index in [4.69, 9.17) is 0 Å². The van der Waals surface area contributed by atoms with Crippen LogP contribution in [0.4, 0.5) is 8.78 Å². The number of hydrogen-bond donors (Lipinski definition) is 1. The lowest BCUT2D eigenvalue weighted by Gasteiger charge is -2.39. The Kier molecular flexibility index (Phi) is 5.76. The number of halogens is 2. The summed E-state index contributed by atoms with van der Waals surface area (Å²) in [6, 6.07) is 7.99. The number of rotatable bonds is 6. The lowest BCUT2D eigenvalue weighted by atomic mass is 9.98. The zero-order chi connectivity index (χ0) is 23.1. The molecular weight excluding hydrogens is 438 g/mol. The van der Waals surface area contributed by atoms with Crippen molar-refractivity contribution < 1.29 is 22.0 Å². The summed E-state index contributed by atoms with van der Waals surface area (Å²) in [7, 11) is -4.04. The van der Waals surface area contributed by atoms with Gasteiger partial charge in [-0.25, -0.2) is 26.4 Å². The summed E-state index contributed by atoms with van der Waals surface area (Å²) in [5, 5.41) is 4.05. The molecule has 1 atom stereocenters. The van der Waals surface area contributed by atoms with Gasteiger partial charge >= 0.3 is 0 Å². The Bertz CT molecular complexity index is 1270. The predicted molar refractivity (Wildman–Crippen MR) is 116 cm³/mol. The van der Waals surface area contributed by atoms with Gasteiger partial charge in [-0.15, -0.1) is 0 Å². The summed E-state index contributed by atoms with van der Waals surface area (Å²) in [6.07, 6.45) is 4.27.